The summed E-state index contributed by atoms with van der Waals surface area (Å²) in [6.45, 7) is 3.28. The van der Waals surface area contributed by atoms with E-state index in [2.05, 4.69) is 46.6 Å². The summed E-state index contributed by atoms with van der Waals surface area (Å²) in [6, 6.07) is 15.4. The molecule has 0 radical (unpaired) electrons. The molecule has 31 heavy (non-hydrogen) atoms. The number of hydrogen-bond acceptors (Lipinski definition) is 5. The molecule has 0 unspecified atom stereocenters. The number of methoxy groups -OCH3 is 2. The van der Waals surface area contributed by atoms with Crippen molar-refractivity contribution < 1.29 is 9.47 Å². The molecule has 2 aromatic carbocycles. The molecule has 1 aromatic heterocycles. The molecule has 1 saturated heterocycles. The van der Waals surface area contributed by atoms with E-state index in [4.69, 9.17) is 14.5 Å². The van der Waals surface area contributed by atoms with Gasteiger partial charge in [-0.2, -0.15) is 0 Å². The maximum Gasteiger partial charge on any atom is 0.162 e. The molecular formula is C26H31N3O2. The second-order valence-electron chi connectivity index (χ2n) is 8.67. The summed E-state index contributed by atoms with van der Waals surface area (Å²) in [5.74, 6) is 1.50. The van der Waals surface area contributed by atoms with Gasteiger partial charge in [0, 0.05) is 48.5 Å². The van der Waals surface area contributed by atoms with Gasteiger partial charge in [-0.15, -0.1) is 0 Å². The molecule has 0 atom stereocenters. The van der Waals surface area contributed by atoms with Crippen molar-refractivity contribution >= 4 is 16.6 Å². The van der Waals surface area contributed by atoms with Gasteiger partial charge in [0.05, 0.1) is 19.7 Å². The number of likely N-dealkylation sites (tertiary alicyclic amines) is 1. The van der Waals surface area contributed by atoms with Crippen LogP contribution in [0, 0.1) is 0 Å². The third-order valence-electron chi connectivity index (χ3n) is 6.70. The number of pyridine rings is 1. The summed E-state index contributed by atoms with van der Waals surface area (Å²) in [5.41, 5.74) is 6.28. The molecule has 1 aliphatic carbocycles. The lowest BCUT2D eigenvalue weighted by molar-refractivity contribution is 0.211. The van der Waals surface area contributed by atoms with Crippen molar-refractivity contribution in [1.29, 1.82) is 0 Å². The lowest BCUT2D eigenvalue weighted by atomic mass is 10.0. The predicted octanol–water partition coefficient (Wildman–Crippen LogP) is 4.82. The van der Waals surface area contributed by atoms with E-state index in [1.54, 1.807) is 14.2 Å². The van der Waals surface area contributed by atoms with E-state index in [0.29, 0.717) is 6.04 Å². The van der Waals surface area contributed by atoms with Crippen molar-refractivity contribution in [1.82, 2.24) is 9.88 Å². The highest BCUT2D eigenvalue weighted by Crippen LogP contribution is 2.40. The fraction of sp³-hybridized carbons (Fsp3) is 0.423. The summed E-state index contributed by atoms with van der Waals surface area (Å²) in [6.07, 6.45) is 5.64. The van der Waals surface area contributed by atoms with Crippen LogP contribution in [-0.4, -0.2) is 43.2 Å². The monoisotopic (exact) mass is 417 g/mol. The average molecular weight is 418 g/mol. The molecule has 5 rings (SSSR count). The summed E-state index contributed by atoms with van der Waals surface area (Å²) in [4.78, 5) is 7.53. The maximum atomic E-state index is 5.59. The number of fused-ring (bicyclic) bond motifs is 2. The highest BCUT2D eigenvalue weighted by Gasteiger charge is 2.25. The van der Waals surface area contributed by atoms with E-state index in [9.17, 15) is 0 Å². The lowest BCUT2D eigenvalue weighted by Gasteiger charge is -2.33. The number of piperidine rings is 1. The van der Waals surface area contributed by atoms with Crippen LogP contribution < -0.4 is 14.8 Å². The Morgan fingerprint density at radius 2 is 1.74 bits per heavy atom. The predicted molar refractivity (Wildman–Crippen MR) is 125 cm³/mol. The summed E-state index contributed by atoms with van der Waals surface area (Å²) >= 11 is 0. The van der Waals surface area contributed by atoms with E-state index in [0.717, 1.165) is 67.7 Å². The minimum absolute atomic E-state index is 0.482. The van der Waals surface area contributed by atoms with Crippen LogP contribution in [0.25, 0.3) is 10.9 Å². The van der Waals surface area contributed by atoms with Crippen LogP contribution in [0.4, 0.5) is 5.69 Å². The SMILES string of the molecule is COc1cc2nc3c(c(NC4CCN(Cc5ccccc5)CC4)c2cc1OC)CCC3. The minimum Gasteiger partial charge on any atom is -0.493 e. The largest absolute Gasteiger partial charge is 0.493 e. The van der Waals surface area contributed by atoms with Crippen LogP contribution in [-0.2, 0) is 19.4 Å². The fourth-order valence-electron chi connectivity index (χ4n) is 5.04. The smallest absolute Gasteiger partial charge is 0.162 e. The second-order valence-corrected chi connectivity index (χ2v) is 8.67. The number of nitrogens with zero attached hydrogens (tertiary/aromatic N) is 2. The van der Waals surface area contributed by atoms with E-state index in [-0.39, 0.29) is 0 Å². The molecule has 1 N–H and O–H groups in total. The quantitative estimate of drug-likeness (QED) is 0.623. The molecule has 2 heterocycles. The van der Waals surface area contributed by atoms with Crippen LogP contribution in [0.1, 0.15) is 36.1 Å². The van der Waals surface area contributed by atoms with Crippen LogP contribution in [0.15, 0.2) is 42.5 Å². The molecule has 1 aliphatic heterocycles. The van der Waals surface area contributed by atoms with Gasteiger partial charge in [-0.25, -0.2) is 0 Å². The number of hydrogen-bond donors (Lipinski definition) is 1. The normalized spacial score (nSPS) is 17.0. The van der Waals surface area contributed by atoms with Gasteiger partial charge in [0.2, 0.25) is 0 Å². The molecule has 3 aromatic rings. The summed E-state index contributed by atoms with van der Waals surface area (Å²) in [7, 11) is 3.37. The maximum absolute atomic E-state index is 5.59. The summed E-state index contributed by atoms with van der Waals surface area (Å²) < 4.78 is 11.1. The van der Waals surface area contributed by atoms with Gasteiger partial charge in [0.15, 0.2) is 11.5 Å². The van der Waals surface area contributed by atoms with Gasteiger partial charge in [-0.05, 0) is 49.3 Å². The van der Waals surface area contributed by atoms with Gasteiger partial charge in [0.25, 0.3) is 0 Å². The van der Waals surface area contributed by atoms with Crippen LogP contribution in [0.5, 0.6) is 11.5 Å². The van der Waals surface area contributed by atoms with Gasteiger partial charge in [-0.1, -0.05) is 30.3 Å². The number of anilines is 1. The molecule has 162 valence electrons. The zero-order valence-corrected chi connectivity index (χ0v) is 18.5. The Bertz CT molecular complexity index is 1060. The first-order chi connectivity index (χ1) is 15.2. The fourth-order valence-corrected chi connectivity index (χ4v) is 5.04. The molecule has 0 spiro atoms. The van der Waals surface area contributed by atoms with Crippen molar-refractivity contribution in [3.8, 4) is 11.5 Å². The number of rotatable bonds is 6. The molecule has 0 amide bonds. The molecular weight excluding hydrogens is 386 g/mol. The van der Waals surface area contributed by atoms with Crippen LogP contribution in [0.2, 0.25) is 0 Å². The van der Waals surface area contributed by atoms with E-state index in [1.165, 1.54) is 28.9 Å². The topological polar surface area (TPSA) is 46.6 Å². The number of aromatic nitrogens is 1. The molecule has 0 saturated carbocycles. The first-order valence-electron chi connectivity index (χ1n) is 11.4. The minimum atomic E-state index is 0.482. The third kappa shape index (κ3) is 4.07. The highest BCUT2D eigenvalue weighted by atomic mass is 16.5. The Morgan fingerprint density at radius 3 is 2.48 bits per heavy atom. The molecule has 5 heteroatoms. The standard InChI is InChI=1S/C26H31N3O2/c1-30-24-15-21-23(16-25(24)31-2)28-22-10-6-9-20(22)26(21)27-19-11-13-29(14-12-19)17-18-7-4-3-5-8-18/h3-5,7-8,15-16,19H,6,9-14,17H2,1-2H3,(H,27,28). The van der Waals surface area contributed by atoms with Crippen molar-refractivity contribution in [2.45, 2.75) is 44.7 Å². The zero-order valence-electron chi connectivity index (χ0n) is 18.5. The molecule has 2 aliphatic rings. The number of benzene rings is 2. The second kappa shape index (κ2) is 8.75. The highest BCUT2D eigenvalue weighted by molar-refractivity contribution is 5.96. The van der Waals surface area contributed by atoms with Crippen molar-refractivity contribution in [2.75, 3.05) is 32.6 Å². The average Bonchev–Trinajstić information content (AvgIpc) is 3.28. The lowest BCUT2D eigenvalue weighted by Crippen LogP contribution is -2.38. The van der Waals surface area contributed by atoms with Crippen LogP contribution in [0.3, 0.4) is 0 Å². The van der Waals surface area contributed by atoms with Gasteiger partial charge in [0.1, 0.15) is 0 Å². The number of nitrogens with one attached hydrogen (secondary N) is 1. The Labute approximate surface area is 184 Å². The zero-order chi connectivity index (χ0) is 21.2. The first-order valence-corrected chi connectivity index (χ1v) is 11.4. The number of aryl methyl sites for hydroxylation is 1. The first kappa shape index (κ1) is 20.1. The van der Waals surface area contributed by atoms with Crippen molar-refractivity contribution in [3.63, 3.8) is 0 Å². The molecule has 1 fully saturated rings. The Hall–Kier alpha value is -2.79. The molecule has 0 bridgehead atoms. The van der Waals surface area contributed by atoms with Gasteiger partial charge < -0.3 is 14.8 Å². The number of ether oxygens (including phenoxy) is 2. The van der Waals surface area contributed by atoms with Gasteiger partial charge in [-0.3, -0.25) is 9.88 Å². The van der Waals surface area contributed by atoms with Crippen molar-refractivity contribution in [2.24, 2.45) is 0 Å². The van der Waals surface area contributed by atoms with E-state index < -0.39 is 0 Å². The summed E-state index contributed by atoms with van der Waals surface area (Å²) in [5, 5.41) is 5.08. The van der Waals surface area contributed by atoms with Crippen LogP contribution >= 0.6 is 0 Å². The van der Waals surface area contributed by atoms with E-state index >= 15 is 0 Å². The van der Waals surface area contributed by atoms with Gasteiger partial charge >= 0.3 is 0 Å². The Kier molecular flexibility index (Phi) is 5.68. The van der Waals surface area contributed by atoms with Crippen molar-refractivity contribution in [3.05, 3.63) is 59.3 Å². The molecule has 5 nitrogen and oxygen atoms in total. The third-order valence-corrected chi connectivity index (χ3v) is 6.70. The van der Waals surface area contributed by atoms with E-state index in [1.807, 2.05) is 6.07 Å². The Morgan fingerprint density at radius 1 is 1.00 bits per heavy atom. The Balaban J connectivity index is 1.38.